The van der Waals surface area contributed by atoms with E-state index in [0.29, 0.717) is 12.6 Å². The first-order valence-electron chi connectivity index (χ1n) is 7.88. The topological polar surface area (TPSA) is 49.9 Å². The van der Waals surface area contributed by atoms with Crippen LogP contribution in [0.15, 0.2) is 0 Å². The monoisotopic (exact) mass is 282 g/mol. The van der Waals surface area contributed by atoms with Crippen molar-refractivity contribution in [1.29, 1.82) is 0 Å². The molecule has 2 saturated heterocycles. The maximum atomic E-state index is 12.2. The molecule has 0 bridgehead atoms. The SMILES string of the molecule is CCOC(=O)CCC(=O)N1CCCC(N2CCCC2)C1. The second-order valence-corrected chi connectivity index (χ2v) is 5.68. The minimum atomic E-state index is -0.269. The van der Waals surface area contributed by atoms with Crippen molar-refractivity contribution in [2.24, 2.45) is 0 Å². The summed E-state index contributed by atoms with van der Waals surface area (Å²) in [4.78, 5) is 27.9. The summed E-state index contributed by atoms with van der Waals surface area (Å²) in [7, 11) is 0. The van der Waals surface area contributed by atoms with Gasteiger partial charge in [0.2, 0.25) is 5.91 Å². The van der Waals surface area contributed by atoms with Gasteiger partial charge in [-0.05, 0) is 45.7 Å². The number of rotatable bonds is 5. The molecule has 0 aliphatic carbocycles. The summed E-state index contributed by atoms with van der Waals surface area (Å²) in [5, 5.41) is 0. The average molecular weight is 282 g/mol. The molecule has 2 fully saturated rings. The number of carbonyl (C=O) groups excluding carboxylic acids is 2. The molecule has 5 nitrogen and oxygen atoms in total. The molecule has 0 N–H and O–H groups in total. The van der Waals surface area contributed by atoms with Crippen LogP contribution in [0.25, 0.3) is 0 Å². The molecule has 2 rings (SSSR count). The fraction of sp³-hybridized carbons (Fsp3) is 0.867. The van der Waals surface area contributed by atoms with E-state index in [9.17, 15) is 9.59 Å². The number of nitrogens with zero attached hydrogens (tertiary/aromatic N) is 2. The summed E-state index contributed by atoms with van der Waals surface area (Å²) >= 11 is 0. The summed E-state index contributed by atoms with van der Waals surface area (Å²) in [5.74, 6) is -0.170. The van der Waals surface area contributed by atoms with Crippen molar-refractivity contribution in [2.75, 3.05) is 32.8 Å². The molecule has 1 unspecified atom stereocenters. The molecule has 1 atom stereocenters. The largest absolute Gasteiger partial charge is 0.466 e. The van der Waals surface area contributed by atoms with Crippen LogP contribution >= 0.6 is 0 Å². The molecule has 0 aromatic carbocycles. The molecular formula is C15H26N2O3. The van der Waals surface area contributed by atoms with E-state index in [-0.39, 0.29) is 24.7 Å². The summed E-state index contributed by atoms with van der Waals surface area (Å²) in [6.07, 6.45) is 5.33. The maximum Gasteiger partial charge on any atom is 0.306 e. The highest BCUT2D eigenvalue weighted by molar-refractivity contribution is 5.81. The first-order chi connectivity index (χ1) is 9.70. The van der Waals surface area contributed by atoms with Gasteiger partial charge in [-0.15, -0.1) is 0 Å². The van der Waals surface area contributed by atoms with Crippen LogP contribution < -0.4 is 0 Å². The molecule has 2 aliphatic heterocycles. The smallest absolute Gasteiger partial charge is 0.306 e. The molecule has 20 heavy (non-hydrogen) atoms. The number of hydrogen-bond donors (Lipinski definition) is 0. The van der Waals surface area contributed by atoms with E-state index < -0.39 is 0 Å². The molecular weight excluding hydrogens is 256 g/mol. The number of ether oxygens (including phenoxy) is 1. The molecule has 2 heterocycles. The number of hydrogen-bond acceptors (Lipinski definition) is 4. The van der Waals surface area contributed by atoms with Gasteiger partial charge < -0.3 is 9.64 Å². The van der Waals surface area contributed by atoms with Crippen LogP contribution in [-0.2, 0) is 14.3 Å². The van der Waals surface area contributed by atoms with E-state index in [1.807, 2.05) is 4.90 Å². The third kappa shape index (κ3) is 4.20. The number of esters is 1. The first-order valence-corrected chi connectivity index (χ1v) is 7.88. The molecule has 0 saturated carbocycles. The summed E-state index contributed by atoms with van der Waals surface area (Å²) < 4.78 is 4.86. The average Bonchev–Trinajstić information content (AvgIpc) is 2.99. The highest BCUT2D eigenvalue weighted by atomic mass is 16.5. The van der Waals surface area contributed by atoms with Gasteiger partial charge in [0.25, 0.3) is 0 Å². The Morgan fingerprint density at radius 2 is 1.85 bits per heavy atom. The number of piperidine rings is 1. The summed E-state index contributed by atoms with van der Waals surface area (Å²) in [6, 6.07) is 0.526. The predicted molar refractivity (Wildman–Crippen MR) is 76.3 cm³/mol. The quantitative estimate of drug-likeness (QED) is 0.716. The van der Waals surface area contributed by atoms with E-state index >= 15 is 0 Å². The molecule has 114 valence electrons. The van der Waals surface area contributed by atoms with Gasteiger partial charge in [-0.2, -0.15) is 0 Å². The predicted octanol–water partition coefficient (Wildman–Crippen LogP) is 1.42. The van der Waals surface area contributed by atoms with E-state index in [2.05, 4.69) is 4.90 Å². The van der Waals surface area contributed by atoms with Gasteiger partial charge in [0.15, 0.2) is 0 Å². The van der Waals surface area contributed by atoms with Gasteiger partial charge in [0.1, 0.15) is 0 Å². The van der Waals surface area contributed by atoms with E-state index in [1.165, 1.54) is 32.4 Å². The number of amides is 1. The Morgan fingerprint density at radius 3 is 2.55 bits per heavy atom. The normalized spacial score (nSPS) is 23.9. The van der Waals surface area contributed by atoms with Gasteiger partial charge in [0.05, 0.1) is 13.0 Å². The zero-order valence-corrected chi connectivity index (χ0v) is 12.5. The summed E-state index contributed by atoms with van der Waals surface area (Å²) in [5.41, 5.74) is 0. The van der Waals surface area contributed by atoms with Crippen LogP contribution in [0.4, 0.5) is 0 Å². The second kappa shape index (κ2) is 7.62. The fourth-order valence-corrected chi connectivity index (χ4v) is 3.19. The standard InChI is InChI=1S/C15H26N2O3/c1-2-20-15(19)8-7-14(18)17-11-5-6-13(12-17)16-9-3-4-10-16/h13H,2-12H2,1H3. The molecule has 1 amide bonds. The van der Waals surface area contributed by atoms with Crippen molar-refractivity contribution >= 4 is 11.9 Å². The molecule has 0 aromatic rings. The van der Waals surface area contributed by atoms with Gasteiger partial charge in [-0.1, -0.05) is 0 Å². The Hall–Kier alpha value is -1.10. The fourth-order valence-electron chi connectivity index (χ4n) is 3.19. The Balaban J connectivity index is 1.76. The zero-order valence-electron chi connectivity index (χ0n) is 12.5. The van der Waals surface area contributed by atoms with Crippen molar-refractivity contribution in [3.05, 3.63) is 0 Å². The van der Waals surface area contributed by atoms with Gasteiger partial charge in [-0.25, -0.2) is 0 Å². The van der Waals surface area contributed by atoms with Crippen molar-refractivity contribution in [2.45, 2.75) is 51.5 Å². The van der Waals surface area contributed by atoms with Gasteiger partial charge >= 0.3 is 5.97 Å². The van der Waals surface area contributed by atoms with E-state index in [0.717, 1.165) is 19.5 Å². The van der Waals surface area contributed by atoms with Crippen LogP contribution in [0.1, 0.15) is 45.4 Å². The van der Waals surface area contributed by atoms with Crippen LogP contribution in [0.3, 0.4) is 0 Å². The van der Waals surface area contributed by atoms with E-state index in [4.69, 9.17) is 4.74 Å². The lowest BCUT2D eigenvalue weighted by atomic mass is 10.0. The molecule has 5 heteroatoms. The molecule has 2 aliphatic rings. The van der Waals surface area contributed by atoms with Crippen LogP contribution in [0.5, 0.6) is 0 Å². The van der Waals surface area contributed by atoms with E-state index in [1.54, 1.807) is 6.92 Å². The van der Waals surface area contributed by atoms with Crippen molar-refractivity contribution in [3.8, 4) is 0 Å². The Morgan fingerprint density at radius 1 is 1.10 bits per heavy atom. The lowest BCUT2D eigenvalue weighted by Gasteiger charge is -2.37. The minimum absolute atomic E-state index is 0.0990. The third-order valence-corrected chi connectivity index (χ3v) is 4.25. The van der Waals surface area contributed by atoms with Gasteiger partial charge in [-0.3, -0.25) is 14.5 Å². The van der Waals surface area contributed by atoms with Crippen LogP contribution in [-0.4, -0.2) is 60.5 Å². The lowest BCUT2D eigenvalue weighted by molar-refractivity contribution is -0.146. The Kier molecular flexibility index (Phi) is 5.83. The van der Waals surface area contributed by atoms with Gasteiger partial charge in [0, 0.05) is 25.6 Å². The minimum Gasteiger partial charge on any atom is -0.466 e. The Labute approximate surface area is 121 Å². The van der Waals surface area contributed by atoms with Crippen molar-refractivity contribution in [3.63, 3.8) is 0 Å². The highest BCUT2D eigenvalue weighted by Gasteiger charge is 2.29. The molecule has 0 aromatic heterocycles. The van der Waals surface area contributed by atoms with Crippen LogP contribution in [0, 0.1) is 0 Å². The zero-order chi connectivity index (χ0) is 14.4. The van der Waals surface area contributed by atoms with Crippen molar-refractivity contribution in [1.82, 2.24) is 9.80 Å². The third-order valence-electron chi connectivity index (χ3n) is 4.25. The lowest BCUT2D eigenvalue weighted by Crippen LogP contribution is -2.49. The van der Waals surface area contributed by atoms with Crippen LogP contribution in [0.2, 0.25) is 0 Å². The highest BCUT2D eigenvalue weighted by Crippen LogP contribution is 2.21. The number of likely N-dealkylation sites (tertiary alicyclic amines) is 2. The molecule has 0 spiro atoms. The Bertz CT molecular complexity index is 340. The first kappa shape index (κ1) is 15.3. The van der Waals surface area contributed by atoms with Crippen molar-refractivity contribution < 1.29 is 14.3 Å². The second-order valence-electron chi connectivity index (χ2n) is 5.68. The molecule has 0 radical (unpaired) electrons. The number of carbonyl (C=O) groups is 2. The summed E-state index contributed by atoms with van der Waals surface area (Å²) in [6.45, 7) is 6.19. The maximum absolute atomic E-state index is 12.2.